The Morgan fingerprint density at radius 2 is 2.10 bits per heavy atom. The first-order valence-corrected chi connectivity index (χ1v) is 8.13. The van der Waals surface area contributed by atoms with E-state index in [1.807, 2.05) is 35.9 Å². The maximum Gasteiger partial charge on any atom is 0.251 e. The molecule has 110 valence electrons. The highest BCUT2D eigenvalue weighted by Crippen LogP contribution is 2.29. The Morgan fingerprint density at radius 1 is 1.29 bits per heavy atom. The number of pyridine rings is 1. The average Bonchev–Trinajstić information content (AvgIpc) is 2.51. The molecule has 3 nitrogen and oxygen atoms in total. The predicted octanol–water partition coefficient (Wildman–Crippen LogP) is 3.26. The summed E-state index contributed by atoms with van der Waals surface area (Å²) >= 11 is 3.57. The number of halogens is 1. The van der Waals surface area contributed by atoms with Gasteiger partial charge in [-0.2, -0.15) is 0 Å². The van der Waals surface area contributed by atoms with Gasteiger partial charge in [0.15, 0.2) is 0 Å². The van der Waals surface area contributed by atoms with Crippen LogP contribution >= 0.6 is 15.9 Å². The molecule has 0 aliphatic heterocycles. The molecule has 1 unspecified atom stereocenters. The molecule has 0 radical (unpaired) electrons. The first kappa shape index (κ1) is 14.5. The summed E-state index contributed by atoms with van der Waals surface area (Å²) in [5.74, 6) is 0. The van der Waals surface area contributed by atoms with Gasteiger partial charge in [-0.1, -0.05) is 40.2 Å². The first-order valence-electron chi connectivity index (χ1n) is 7.34. The van der Waals surface area contributed by atoms with E-state index in [0.29, 0.717) is 12.6 Å². The van der Waals surface area contributed by atoms with Crippen LogP contribution in [0.25, 0.3) is 0 Å². The summed E-state index contributed by atoms with van der Waals surface area (Å²) in [7, 11) is 1.99. The molecule has 1 atom stereocenters. The lowest BCUT2D eigenvalue weighted by molar-refractivity contribution is 0.473. The smallest absolute Gasteiger partial charge is 0.251 e. The van der Waals surface area contributed by atoms with Crippen molar-refractivity contribution in [3.63, 3.8) is 0 Å². The molecule has 0 spiro atoms. The van der Waals surface area contributed by atoms with E-state index >= 15 is 0 Å². The Hall–Kier alpha value is -1.39. The molecular weight excluding hydrogens is 328 g/mol. The summed E-state index contributed by atoms with van der Waals surface area (Å²) in [6, 6.07) is 12.1. The molecular formula is C17H19BrN2O. The van der Waals surface area contributed by atoms with Crippen LogP contribution in [-0.4, -0.2) is 11.6 Å². The van der Waals surface area contributed by atoms with Crippen LogP contribution in [0.4, 0.5) is 0 Å². The van der Waals surface area contributed by atoms with Crippen LogP contribution < -0.4 is 10.9 Å². The minimum atomic E-state index is 0.0845. The minimum absolute atomic E-state index is 0.0845. The molecule has 0 saturated carbocycles. The van der Waals surface area contributed by atoms with Gasteiger partial charge in [-0.3, -0.25) is 4.79 Å². The fraction of sp³-hybridized carbons (Fsp3) is 0.353. The second-order valence-corrected chi connectivity index (χ2v) is 6.34. The molecule has 1 N–H and O–H groups in total. The van der Waals surface area contributed by atoms with Crippen LogP contribution in [0.5, 0.6) is 0 Å². The molecule has 3 rings (SSSR count). The molecule has 0 fully saturated rings. The van der Waals surface area contributed by atoms with Gasteiger partial charge < -0.3 is 9.88 Å². The minimum Gasteiger partial charge on any atom is -0.313 e. The quantitative estimate of drug-likeness (QED) is 0.925. The molecule has 1 aromatic carbocycles. The highest BCUT2D eigenvalue weighted by Gasteiger charge is 2.22. The number of nitrogens with one attached hydrogen (secondary N) is 1. The monoisotopic (exact) mass is 346 g/mol. The van der Waals surface area contributed by atoms with Gasteiger partial charge in [-0.15, -0.1) is 0 Å². The summed E-state index contributed by atoms with van der Waals surface area (Å²) in [6.07, 6.45) is 3.24. The van der Waals surface area contributed by atoms with Crippen LogP contribution in [0.3, 0.4) is 0 Å². The van der Waals surface area contributed by atoms with Crippen molar-refractivity contribution in [2.24, 2.45) is 0 Å². The predicted molar refractivity (Wildman–Crippen MR) is 88.7 cm³/mol. The SMILES string of the molecule is CNC1CCCc2c1ccc(=O)n2Cc1ccccc1Br. The van der Waals surface area contributed by atoms with Crippen molar-refractivity contribution in [1.29, 1.82) is 0 Å². The highest BCUT2D eigenvalue weighted by molar-refractivity contribution is 9.10. The number of hydrogen-bond donors (Lipinski definition) is 1. The zero-order valence-electron chi connectivity index (χ0n) is 12.1. The maximum absolute atomic E-state index is 12.3. The Bertz CT molecular complexity index is 708. The van der Waals surface area contributed by atoms with Crippen molar-refractivity contribution in [2.45, 2.75) is 31.8 Å². The Kier molecular flexibility index (Phi) is 4.27. The fourth-order valence-electron chi connectivity index (χ4n) is 3.13. The third kappa shape index (κ3) is 2.83. The van der Waals surface area contributed by atoms with Gasteiger partial charge in [-0.25, -0.2) is 0 Å². The molecule has 1 aliphatic rings. The van der Waals surface area contributed by atoms with Crippen LogP contribution in [0.2, 0.25) is 0 Å². The van der Waals surface area contributed by atoms with E-state index in [2.05, 4.69) is 27.3 Å². The Balaban J connectivity index is 2.06. The number of rotatable bonds is 3. The average molecular weight is 347 g/mol. The number of hydrogen-bond acceptors (Lipinski definition) is 2. The summed E-state index contributed by atoms with van der Waals surface area (Å²) in [4.78, 5) is 12.3. The van der Waals surface area contributed by atoms with Crippen molar-refractivity contribution in [3.05, 3.63) is 68.0 Å². The lowest BCUT2D eigenvalue weighted by Crippen LogP contribution is -2.30. The molecule has 1 aliphatic carbocycles. The van der Waals surface area contributed by atoms with Crippen molar-refractivity contribution in [1.82, 2.24) is 9.88 Å². The van der Waals surface area contributed by atoms with Crippen molar-refractivity contribution >= 4 is 15.9 Å². The second-order valence-electron chi connectivity index (χ2n) is 5.48. The van der Waals surface area contributed by atoms with Gasteiger partial charge >= 0.3 is 0 Å². The second kappa shape index (κ2) is 6.16. The number of fused-ring (bicyclic) bond motifs is 1. The van der Waals surface area contributed by atoms with E-state index < -0.39 is 0 Å². The van der Waals surface area contributed by atoms with Gasteiger partial charge in [0, 0.05) is 22.3 Å². The van der Waals surface area contributed by atoms with E-state index in [4.69, 9.17) is 0 Å². The van der Waals surface area contributed by atoms with E-state index in [0.717, 1.165) is 29.3 Å². The molecule has 1 aromatic heterocycles. The van der Waals surface area contributed by atoms with Crippen molar-refractivity contribution in [3.8, 4) is 0 Å². The lowest BCUT2D eigenvalue weighted by Gasteiger charge is -2.27. The van der Waals surface area contributed by atoms with Crippen LogP contribution in [-0.2, 0) is 13.0 Å². The molecule has 21 heavy (non-hydrogen) atoms. The molecule has 0 amide bonds. The maximum atomic E-state index is 12.3. The van der Waals surface area contributed by atoms with Gasteiger partial charge in [0.25, 0.3) is 5.56 Å². The standard InChI is InChI=1S/C17H19BrN2O/c1-19-15-7-4-8-16-13(15)9-10-17(21)20(16)11-12-5-2-3-6-14(12)18/h2-3,5-6,9-10,15,19H,4,7-8,11H2,1H3. The largest absolute Gasteiger partial charge is 0.313 e. The summed E-state index contributed by atoms with van der Waals surface area (Å²) in [5, 5.41) is 3.36. The van der Waals surface area contributed by atoms with Gasteiger partial charge in [0.1, 0.15) is 0 Å². The van der Waals surface area contributed by atoms with Crippen LogP contribution in [0.1, 0.15) is 35.7 Å². The van der Waals surface area contributed by atoms with E-state index in [1.54, 1.807) is 6.07 Å². The Morgan fingerprint density at radius 3 is 2.86 bits per heavy atom. The first-order chi connectivity index (χ1) is 10.2. The zero-order chi connectivity index (χ0) is 14.8. The van der Waals surface area contributed by atoms with Crippen molar-refractivity contribution < 1.29 is 0 Å². The lowest BCUT2D eigenvalue weighted by atomic mass is 9.91. The van der Waals surface area contributed by atoms with Gasteiger partial charge in [0.05, 0.1) is 6.54 Å². The zero-order valence-corrected chi connectivity index (χ0v) is 13.7. The Labute approximate surface area is 133 Å². The number of benzene rings is 1. The molecule has 2 aromatic rings. The normalized spacial score (nSPS) is 17.5. The third-order valence-electron chi connectivity index (χ3n) is 4.25. The van der Waals surface area contributed by atoms with Gasteiger partial charge in [0.2, 0.25) is 0 Å². The van der Waals surface area contributed by atoms with Crippen LogP contribution in [0, 0.1) is 0 Å². The summed E-state index contributed by atoms with van der Waals surface area (Å²) < 4.78 is 2.98. The molecule has 0 saturated heterocycles. The van der Waals surface area contributed by atoms with E-state index in [9.17, 15) is 4.79 Å². The third-order valence-corrected chi connectivity index (χ3v) is 5.02. The molecule has 4 heteroatoms. The van der Waals surface area contributed by atoms with Crippen LogP contribution in [0.15, 0.2) is 45.7 Å². The van der Waals surface area contributed by atoms with Gasteiger partial charge in [-0.05, 0) is 43.5 Å². The number of nitrogens with zero attached hydrogens (tertiary/aromatic N) is 1. The number of aromatic nitrogens is 1. The van der Waals surface area contributed by atoms with Crippen molar-refractivity contribution in [2.75, 3.05) is 7.05 Å². The highest BCUT2D eigenvalue weighted by atomic mass is 79.9. The summed E-state index contributed by atoms with van der Waals surface area (Å²) in [5.41, 5.74) is 3.68. The fourth-order valence-corrected chi connectivity index (χ4v) is 3.54. The van der Waals surface area contributed by atoms with E-state index in [1.165, 1.54) is 11.3 Å². The summed E-state index contributed by atoms with van der Waals surface area (Å²) in [6.45, 7) is 0.625. The molecule has 1 heterocycles. The topological polar surface area (TPSA) is 34.0 Å². The van der Waals surface area contributed by atoms with E-state index in [-0.39, 0.29) is 5.56 Å². The molecule has 0 bridgehead atoms.